The van der Waals surface area contributed by atoms with Crippen LogP contribution in [0.5, 0.6) is 5.75 Å². The van der Waals surface area contributed by atoms with E-state index in [-0.39, 0.29) is 16.7 Å². The van der Waals surface area contributed by atoms with Gasteiger partial charge in [0.05, 0.1) is 16.3 Å². The molecule has 0 saturated heterocycles. The summed E-state index contributed by atoms with van der Waals surface area (Å²) >= 11 is 1.37. The first-order valence-corrected chi connectivity index (χ1v) is 14.4. The molecule has 3 aromatic rings. The summed E-state index contributed by atoms with van der Waals surface area (Å²) in [6, 6.07) is 10.5. The third kappa shape index (κ3) is 6.17. The number of nitrogens with zero attached hydrogens (tertiary/aromatic N) is 2. The van der Waals surface area contributed by atoms with Crippen molar-refractivity contribution in [1.82, 2.24) is 14.6 Å². The standard InChI is InChI=1S/C26H30N4O5S2/c1-4-10-28-37(33,34)21-7-8-22(18(5-2)14-21)25(32)30-11-12-35-23-9-6-19(13-20(23)16-30)24-15-27-26(36-24)29-17(3)31/h6-9,13-15,28H,4-5,10-12,16H2,1-3H3,(H,27,29,31). The molecule has 2 aromatic carbocycles. The van der Waals surface area contributed by atoms with E-state index < -0.39 is 10.0 Å². The smallest absolute Gasteiger partial charge is 0.254 e. The maximum Gasteiger partial charge on any atom is 0.254 e. The van der Waals surface area contributed by atoms with Crippen molar-refractivity contribution in [2.45, 2.75) is 45.1 Å². The molecule has 11 heteroatoms. The first-order valence-electron chi connectivity index (χ1n) is 12.1. The number of hydrogen-bond donors (Lipinski definition) is 2. The van der Waals surface area contributed by atoms with Gasteiger partial charge in [0.15, 0.2) is 5.13 Å². The Labute approximate surface area is 220 Å². The van der Waals surface area contributed by atoms with E-state index in [1.807, 2.05) is 32.0 Å². The topological polar surface area (TPSA) is 118 Å². The van der Waals surface area contributed by atoms with Gasteiger partial charge >= 0.3 is 0 Å². The predicted octanol–water partition coefficient (Wildman–Crippen LogP) is 4.05. The Morgan fingerprint density at radius 2 is 1.97 bits per heavy atom. The number of anilines is 1. The van der Waals surface area contributed by atoms with Gasteiger partial charge in [-0.2, -0.15) is 0 Å². The number of aromatic nitrogens is 1. The Hall–Kier alpha value is -3.28. The highest BCUT2D eigenvalue weighted by Gasteiger charge is 2.25. The van der Waals surface area contributed by atoms with Gasteiger partial charge in [0.1, 0.15) is 12.4 Å². The number of rotatable bonds is 8. The van der Waals surface area contributed by atoms with Crippen LogP contribution in [0.3, 0.4) is 0 Å². The highest BCUT2D eigenvalue weighted by atomic mass is 32.2. The molecule has 0 saturated carbocycles. The van der Waals surface area contributed by atoms with E-state index in [2.05, 4.69) is 15.0 Å². The second kappa shape index (κ2) is 11.4. The van der Waals surface area contributed by atoms with Crippen LogP contribution in [0.2, 0.25) is 0 Å². The quantitative estimate of drug-likeness (QED) is 0.443. The number of amides is 2. The number of carbonyl (C=O) groups excluding carboxylic acids is 2. The van der Waals surface area contributed by atoms with Gasteiger partial charge in [-0.3, -0.25) is 9.59 Å². The van der Waals surface area contributed by atoms with E-state index in [4.69, 9.17) is 4.74 Å². The molecule has 0 aliphatic carbocycles. The molecular weight excluding hydrogens is 512 g/mol. The van der Waals surface area contributed by atoms with E-state index in [1.165, 1.54) is 24.3 Å². The Morgan fingerprint density at radius 1 is 1.16 bits per heavy atom. The van der Waals surface area contributed by atoms with E-state index >= 15 is 0 Å². The van der Waals surface area contributed by atoms with E-state index in [0.29, 0.717) is 61.1 Å². The van der Waals surface area contributed by atoms with Crippen LogP contribution in [0, 0.1) is 0 Å². The zero-order valence-corrected chi connectivity index (χ0v) is 22.7. The lowest BCUT2D eigenvalue weighted by molar-refractivity contribution is -0.114. The number of ether oxygens (including phenoxy) is 1. The molecule has 0 atom stereocenters. The van der Waals surface area contributed by atoms with E-state index in [9.17, 15) is 18.0 Å². The lowest BCUT2D eigenvalue weighted by Crippen LogP contribution is -2.33. The molecule has 37 heavy (non-hydrogen) atoms. The van der Waals surface area contributed by atoms with Gasteiger partial charge in [-0.1, -0.05) is 25.2 Å². The number of aryl methyl sites for hydroxylation is 1. The number of thiazole rings is 1. The van der Waals surface area contributed by atoms with Crippen LogP contribution in [-0.2, 0) is 27.8 Å². The molecule has 0 fully saturated rings. The molecule has 0 bridgehead atoms. The fraction of sp³-hybridized carbons (Fsp3) is 0.346. The second-order valence-corrected chi connectivity index (χ2v) is 11.5. The maximum absolute atomic E-state index is 13.6. The minimum absolute atomic E-state index is 0.159. The largest absolute Gasteiger partial charge is 0.491 e. The van der Waals surface area contributed by atoms with Gasteiger partial charge in [-0.15, -0.1) is 0 Å². The Bertz CT molecular complexity index is 1420. The molecule has 0 unspecified atom stereocenters. The average molecular weight is 543 g/mol. The Morgan fingerprint density at radius 3 is 2.70 bits per heavy atom. The summed E-state index contributed by atoms with van der Waals surface area (Å²) in [5.41, 5.74) is 2.94. The van der Waals surface area contributed by atoms with Crippen LogP contribution in [0.15, 0.2) is 47.5 Å². The van der Waals surface area contributed by atoms with Crippen molar-refractivity contribution in [3.63, 3.8) is 0 Å². The van der Waals surface area contributed by atoms with Gasteiger partial charge in [0.25, 0.3) is 5.91 Å². The normalized spacial score (nSPS) is 13.4. The van der Waals surface area contributed by atoms with Crippen molar-refractivity contribution in [3.05, 3.63) is 59.3 Å². The third-order valence-corrected chi connectivity index (χ3v) is 8.36. The van der Waals surface area contributed by atoms with Crippen LogP contribution < -0.4 is 14.8 Å². The van der Waals surface area contributed by atoms with Crippen molar-refractivity contribution in [2.24, 2.45) is 0 Å². The number of fused-ring (bicyclic) bond motifs is 1. The Kier molecular flexibility index (Phi) is 8.25. The minimum Gasteiger partial charge on any atom is -0.491 e. The fourth-order valence-corrected chi connectivity index (χ4v) is 6.11. The van der Waals surface area contributed by atoms with Crippen LogP contribution in [-0.4, -0.2) is 49.8 Å². The zero-order chi connectivity index (χ0) is 26.6. The lowest BCUT2D eigenvalue weighted by atomic mass is 10.0. The van der Waals surface area contributed by atoms with E-state index in [1.54, 1.807) is 23.2 Å². The summed E-state index contributed by atoms with van der Waals surface area (Å²) in [6.45, 7) is 6.69. The van der Waals surface area contributed by atoms with Crippen molar-refractivity contribution in [1.29, 1.82) is 0 Å². The van der Waals surface area contributed by atoms with Gasteiger partial charge in [0.2, 0.25) is 15.9 Å². The molecule has 2 amide bonds. The summed E-state index contributed by atoms with van der Waals surface area (Å²) in [4.78, 5) is 31.9. The maximum atomic E-state index is 13.6. The summed E-state index contributed by atoms with van der Waals surface area (Å²) in [6.07, 6.45) is 2.91. The van der Waals surface area contributed by atoms with Crippen molar-refractivity contribution >= 4 is 38.3 Å². The summed E-state index contributed by atoms with van der Waals surface area (Å²) < 4.78 is 33.7. The molecule has 2 N–H and O–H groups in total. The van der Waals surface area contributed by atoms with Crippen molar-refractivity contribution in [3.8, 4) is 16.2 Å². The minimum atomic E-state index is -3.63. The molecule has 1 aromatic heterocycles. The molecule has 1 aliphatic rings. The average Bonchev–Trinajstić information content (AvgIpc) is 3.23. The number of hydrogen-bond acceptors (Lipinski definition) is 7. The SMILES string of the molecule is CCCNS(=O)(=O)c1ccc(C(=O)N2CCOc3ccc(-c4cnc(NC(C)=O)s4)cc3C2)c(CC)c1. The van der Waals surface area contributed by atoms with Crippen LogP contribution >= 0.6 is 11.3 Å². The number of nitrogens with one attached hydrogen (secondary N) is 2. The number of sulfonamides is 1. The molecule has 9 nitrogen and oxygen atoms in total. The predicted molar refractivity (Wildman–Crippen MR) is 143 cm³/mol. The van der Waals surface area contributed by atoms with Crippen LogP contribution in [0.4, 0.5) is 5.13 Å². The van der Waals surface area contributed by atoms with E-state index in [0.717, 1.165) is 16.0 Å². The molecule has 0 radical (unpaired) electrons. The molecule has 196 valence electrons. The van der Waals surface area contributed by atoms with Gasteiger partial charge < -0.3 is 15.0 Å². The fourth-order valence-electron chi connectivity index (χ4n) is 4.07. The highest BCUT2D eigenvalue weighted by molar-refractivity contribution is 7.89. The number of benzene rings is 2. The first kappa shape index (κ1) is 26.8. The van der Waals surface area contributed by atoms with Crippen LogP contribution in [0.25, 0.3) is 10.4 Å². The molecule has 1 aliphatic heterocycles. The monoisotopic (exact) mass is 542 g/mol. The molecule has 4 rings (SSSR count). The van der Waals surface area contributed by atoms with Gasteiger partial charge in [0, 0.05) is 37.3 Å². The van der Waals surface area contributed by atoms with Gasteiger partial charge in [-0.25, -0.2) is 18.1 Å². The highest BCUT2D eigenvalue weighted by Crippen LogP contribution is 2.34. The van der Waals surface area contributed by atoms with Crippen molar-refractivity contribution in [2.75, 3.05) is 25.0 Å². The molecule has 2 heterocycles. The summed E-state index contributed by atoms with van der Waals surface area (Å²) in [7, 11) is -3.63. The van der Waals surface area contributed by atoms with Gasteiger partial charge in [-0.05, 0) is 60.4 Å². The lowest BCUT2D eigenvalue weighted by Gasteiger charge is -2.22. The second-order valence-electron chi connectivity index (χ2n) is 8.68. The Balaban J connectivity index is 1.59. The third-order valence-electron chi connectivity index (χ3n) is 5.94. The molecule has 0 spiro atoms. The van der Waals surface area contributed by atoms with Crippen molar-refractivity contribution < 1.29 is 22.7 Å². The number of carbonyl (C=O) groups is 2. The summed E-state index contributed by atoms with van der Waals surface area (Å²) in [5, 5.41) is 3.21. The zero-order valence-electron chi connectivity index (χ0n) is 21.0. The first-order chi connectivity index (χ1) is 17.7. The molecular formula is C26H30N4O5S2. The summed E-state index contributed by atoms with van der Waals surface area (Å²) in [5.74, 6) is 0.361. The van der Waals surface area contributed by atoms with Crippen LogP contribution in [0.1, 0.15) is 48.7 Å².